The van der Waals surface area contributed by atoms with Crippen molar-refractivity contribution in [2.45, 2.75) is 30.4 Å². The Balaban J connectivity index is 1.92. The highest BCUT2D eigenvalue weighted by molar-refractivity contribution is 8.00. The average molecular weight is 286 g/mol. The van der Waals surface area contributed by atoms with Gasteiger partial charge < -0.3 is 5.32 Å². The molecule has 4 nitrogen and oxygen atoms in total. The van der Waals surface area contributed by atoms with Crippen LogP contribution < -0.4 is 5.32 Å². The highest BCUT2D eigenvalue weighted by Gasteiger charge is 2.09. The Morgan fingerprint density at radius 3 is 3.06 bits per heavy atom. The minimum absolute atomic E-state index is 0.829. The number of aryl methyl sites for hydroxylation is 1. The number of hydrogen-bond acceptors (Lipinski definition) is 7. The maximum Gasteiger partial charge on any atom is 0.150 e. The van der Waals surface area contributed by atoms with E-state index >= 15 is 0 Å². The molecule has 0 unspecified atom stereocenters. The second-order valence-corrected chi connectivity index (χ2v) is 6.35. The van der Waals surface area contributed by atoms with Crippen LogP contribution in [-0.4, -0.2) is 21.1 Å². The molecule has 0 spiro atoms. The van der Waals surface area contributed by atoms with Gasteiger partial charge >= 0.3 is 0 Å². The molecule has 17 heavy (non-hydrogen) atoms. The molecular formula is C10H14N4S3. The maximum atomic E-state index is 4.42. The number of nitrogens with zero attached hydrogens (tertiary/aromatic N) is 3. The van der Waals surface area contributed by atoms with Crippen LogP contribution in [0.3, 0.4) is 0 Å². The molecule has 2 rings (SSSR count). The minimum Gasteiger partial charge on any atom is -0.374 e. The molecule has 0 saturated heterocycles. The normalized spacial score (nSPS) is 10.7. The Kier molecular flexibility index (Phi) is 4.75. The van der Waals surface area contributed by atoms with Gasteiger partial charge in [-0.05, 0) is 13.3 Å². The van der Waals surface area contributed by atoms with Crippen molar-refractivity contribution in [1.29, 1.82) is 0 Å². The molecule has 1 N–H and O–H groups in total. The van der Waals surface area contributed by atoms with E-state index in [0.29, 0.717) is 0 Å². The molecule has 0 aliphatic heterocycles. The summed E-state index contributed by atoms with van der Waals surface area (Å²) in [6.45, 7) is 5.13. The largest absolute Gasteiger partial charge is 0.374 e. The van der Waals surface area contributed by atoms with Crippen molar-refractivity contribution in [3.05, 3.63) is 16.8 Å². The van der Waals surface area contributed by atoms with Crippen molar-refractivity contribution in [3.8, 4) is 0 Å². The number of rotatable bonds is 6. The number of aromatic nitrogens is 3. The number of anilines is 1. The first-order valence-electron chi connectivity index (χ1n) is 5.39. The fraction of sp³-hybridized carbons (Fsp3) is 0.500. The summed E-state index contributed by atoms with van der Waals surface area (Å²) < 4.78 is 5.09. The van der Waals surface area contributed by atoms with Crippen molar-refractivity contribution in [3.63, 3.8) is 0 Å². The van der Waals surface area contributed by atoms with E-state index in [0.717, 1.165) is 39.4 Å². The number of hydrogen-bond donors (Lipinski definition) is 1. The maximum absolute atomic E-state index is 4.42. The molecule has 0 bridgehead atoms. The van der Waals surface area contributed by atoms with Gasteiger partial charge in [-0.25, -0.2) is 4.98 Å². The summed E-state index contributed by atoms with van der Waals surface area (Å²) in [7, 11) is 0. The van der Waals surface area contributed by atoms with Gasteiger partial charge in [-0.2, -0.15) is 0 Å². The zero-order valence-electron chi connectivity index (χ0n) is 9.77. The number of nitrogens with one attached hydrogen (secondary N) is 1. The summed E-state index contributed by atoms with van der Waals surface area (Å²) in [5, 5.41) is 10.7. The predicted molar refractivity (Wildman–Crippen MR) is 75.1 cm³/mol. The third-order valence-electron chi connectivity index (χ3n) is 2.02. The lowest BCUT2D eigenvalue weighted by Gasteiger charge is -2.01. The van der Waals surface area contributed by atoms with Crippen LogP contribution in [0.2, 0.25) is 0 Å². The van der Waals surface area contributed by atoms with Crippen LogP contribution in [0.4, 0.5) is 5.00 Å². The van der Waals surface area contributed by atoms with Crippen LogP contribution in [0.15, 0.2) is 9.72 Å². The minimum atomic E-state index is 0.829. The third kappa shape index (κ3) is 3.65. The first-order chi connectivity index (χ1) is 8.29. The number of thioether (sulfide) groups is 1. The van der Waals surface area contributed by atoms with Crippen LogP contribution in [0.25, 0.3) is 0 Å². The van der Waals surface area contributed by atoms with Gasteiger partial charge in [-0.3, -0.25) is 0 Å². The SMILES string of the molecule is CCCNc1snnc1CSc1nc(C)cs1. The molecule has 7 heteroatoms. The molecule has 0 amide bonds. The van der Waals surface area contributed by atoms with Crippen LogP contribution in [0.5, 0.6) is 0 Å². The Morgan fingerprint density at radius 1 is 1.47 bits per heavy atom. The van der Waals surface area contributed by atoms with E-state index in [4.69, 9.17) is 0 Å². The molecule has 2 aromatic heterocycles. The van der Waals surface area contributed by atoms with Gasteiger partial charge in [0, 0.05) is 34.9 Å². The van der Waals surface area contributed by atoms with E-state index < -0.39 is 0 Å². The fourth-order valence-electron chi connectivity index (χ4n) is 1.20. The van der Waals surface area contributed by atoms with Gasteiger partial charge in [0.15, 0.2) is 0 Å². The Bertz CT molecular complexity index is 466. The van der Waals surface area contributed by atoms with Crippen LogP contribution >= 0.6 is 34.6 Å². The van der Waals surface area contributed by atoms with Gasteiger partial charge in [0.1, 0.15) is 15.0 Å². The van der Waals surface area contributed by atoms with Gasteiger partial charge in [0.05, 0.1) is 0 Å². The van der Waals surface area contributed by atoms with Gasteiger partial charge in [0.25, 0.3) is 0 Å². The molecular weight excluding hydrogens is 272 g/mol. The molecule has 2 heterocycles. The second-order valence-electron chi connectivity index (χ2n) is 3.52. The lowest BCUT2D eigenvalue weighted by molar-refractivity contribution is 0.976. The summed E-state index contributed by atoms with van der Waals surface area (Å²) in [5.74, 6) is 0.829. The van der Waals surface area contributed by atoms with E-state index in [1.54, 1.807) is 23.1 Å². The zero-order chi connectivity index (χ0) is 12.1. The van der Waals surface area contributed by atoms with Crippen molar-refractivity contribution < 1.29 is 0 Å². The lowest BCUT2D eigenvalue weighted by atomic mass is 10.4. The third-order valence-corrected chi connectivity index (χ3v) is 4.90. The van der Waals surface area contributed by atoms with Crippen molar-refractivity contribution >= 4 is 39.6 Å². The van der Waals surface area contributed by atoms with Crippen LogP contribution in [-0.2, 0) is 5.75 Å². The summed E-state index contributed by atoms with van der Waals surface area (Å²) in [6.07, 6.45) is 1.11. The van der Waals surface area contributed by atoms with E-state index in [2.05, 4.69) is 32.2 Å². The van der Waals surface area contributed by atoms with Gasteiger partial charge in [-0.15, -0.1) is 16.4 Å². The molecule has 2 aromatic rings. The highest BCUT2D eigenvalue weighted by atomic mass is 32.2. The molecule has 0 radical (unpaired) electrons. The lowest BCUT2D eigenvalue weighted by Crippen LogP contribution is -2.00. The average Bonchev–Trinajstić information content (AvgIpc) is 2.92. The van der Waals surface area contributed by atoms with E-state index in [1.807, 2.05) is 6.92 Å². The Morgan fingerprint density at radius 2 is 2.35 bits per heavy atom. The van der Waals surface area contributed by atoms with Crippen molar-refractivity contribution in [2.75, 3.05) is 11.9 Å². The van der Waals surface area contributed by atoms with Gasteiger partial charge in [0.2, 0.25) is 0 Å². The van der Waals surface area contributed by atoms with Crippen molar-refractivity contribution in [1.82, 2.24) is 14.6 Å². The first-order valence-corrected chi connectivity index (χ1v) is 8.03. The molecule has 0 aliphatic rings. The molecule has 0 atom stereocenters. The van der Waals surface area contributed by atoms with Gasteiger partial charge in [-0.1, -0.05) is 23.2 Å². The van der Waals surface area contributed by atoms with E-state index in [-0.39, 0.29) is 0 Å². The smallest absolute Gasteiger partial charge is 0.150 e. The summed E-state index contributed by atoms with van der Waals surface area (Å²) in [4.78, 5) is 4.42. The predicted octanol–water partition coefficient (Wildman–Crippen LogP) is 3.42. The summed E-state index contributed by atoms with van der Waals surface area (Å²) in [5.41, 5.74) is 2.11. The molecule has 0 aromatic carbocycles. The van der Waals surface area contributed by atoms with Crippen LogP contribution in [0, 0.1) is 6.92 Å². The molecule has 0 aliphatic carbocycles. The molecule has 92 valence electrons. The quantitative estimate of drug-likeness (QED) is 0.825. The summed E-state index contributed by atoms with van der Waals surface area (Å²) in [6, 6.07) is 0. The zero-order valence-corrected chi connectivity index (χ0v) is 12.2. The molecule has 0 fully saturated rings. The topological polar surface area (TPSA) is 50.7 Å². The van der Waals surface area contributed by atoms with E-state index in [9.17, 15) is 0 Å². The van der Waals surface area contributed by atoms with Crippen molar-refractivity contribution in [2.24, 2.45) is 0 Å². The standard InChI is InChI=1S/C10H14N4S3/c1-3-4-11-9-8(13-14-17-9)6-16-10-12-7(2)5-15-10/h5,11H,3-4,6H2,1-2H3. The summed E-state index contributed by atoms with van der Waals surface area (Å²) >= 11 is 4.83. The monoisotopic (exact) mass is 286 g/mol. The van der Waals surface area contributed by atoms with E-state index in [1.165, 1.54) is 11.5 Å². The Hall–Kier alpha value is -0.660. The first kappa shape index (κ1) is 12.8. The Labute approximate surface area is 113 Å². The highest BCUT2D eigenvalue weighted by Crippen LogP contribution is 2.29. The fourth-order valence-corrected chi connectivity index (χ4v) is 3.69. The van der Waals surface area contributed by atoms with Crippen LogP contribution in [0.1, 0.15) is 24.7 Å². The number of thiazole rings is 1. The molecule has 0 saturated carbocycles. The second kappa shape index (κ2) is 6.32.